The maximum Gasteiger partial charge on any atom is 0.103 e. The molecule has 2 heteroatoms. The minimum atomic E-state index is -0.160. The molecule has 1 aromatic rings. The Kier molecular flexibility index (Phi) is 6.17. The molecule has 86 valence electrons. The smallest absolute Gasteiger partial charge is 0.103 e. The molecule has 0 fully saturated rings. The standard InChI is InChI=1S/C13H22O2/c1-2-3-4-5-7-12(14)9-10-13-8-6-11-15-13/h6,8,11-12,14H,2-5,7,9-10H2,1H3. The quantitative estimate of drug-likeness (QED) is 0.666. The third-order valence-corrected chi connectivity index (χ3v) is 2.69. The number of unbranched alkanes of at least 4 members (excludes halogenated alkanes) is 3. The van der Waals surface area contributed by atoms with Crippen LogP contribution in [0.2, 0.25) is 0 Å². The Labute approximate surface area is 92.3 Å². The van der Waals surface area contributed by atoms with Crippen LogP contribution in [-0.4, -0.2) is 11.2 Å². The fraction of sp³-hybridized carbons (Fsp3) is 0.692. The van der Waals surface area contributed by atoms with Gasteiger partial charge >= 0.3 is 0 Å². The van der Waals surface area contributed by atoms with Crippen molar-refractivity contribution in [3.05, 3.63) is 24.2 Å². The van der Waals surface area contributed by atoms with Crippen molar-refractivity contribution in [2.24, 2.45) is 0 Å². The molecule has 2 nitrogen and oxygen atoms in total. The zero-order chi connectivity index (χ0) is 10.9. The van der Waals surface area contributed by atoms with Gasteiger partial charge in [-0.3, -0.25) is 0 Å². The summed E-state index contributed by atoms with van der Waals surface area (Å²) in [6, 6.07) is 3.85. The highest BCUT2D eigenvalue weighted by Crippen LogP contribution is 2.11. The van der Waals surface area contributed by atoms with E-state index >= 15 is 0 Å². The van der Waals surface area contributed by atoms with E-state index < -0.39 is 0 Å². The van der Waals surface area contributed by atoms with Crippen LogP contribution in [0.5, 0.6) is 0 Å². The number of rotatable bonds is 8. The normalized spacial score (nSPS) is 12.9. The number of furan rings is 1. The Balaban J connectivity index is 2.01. The van der Waals surface area contributed by atoms with Gasteiger partial charge in [0.15, 0.2) is 0 Å². The third kappa shape index (κ3) is 5.63. The van der Waals surface area contributed by atoms with Crippen LogP contribution < -0.4 is 0 Å². The summed E-state index contributed by atoms with van der Waals surface area (Å²) in [6.45, 7) is 2.20. The van der Waals surface area contributed by atoms with Crippen LogP contribution >= 0.6 is 0 Å². The largest absolute Gasteiger partial charge is 0.469 e. The molecule has 0 aromatic carbocycles. The van der Waals surface area contributed by atoms with Crippen molar-refractivity contribution in [2.75, 3.05) is 0 Å². The molecule has 1 heterocycles. The summed E-state index contributed by atoms with van der Waals surface area (Å²) in [5.41, 5.74) is 0. The predicted molar refractivity (Wildman–Crippen MR) is 61.8 cm³/mol. The van der Waals surface area contributed by atoms with Crippen LogP contribution in [0, 0.1) is 0 Å². The summed E-state index contributed by atoms with van der Waals surface area (Å²) >= 11 is 0. The first-order valence-electron chi connectivity index (χ1n) is 6.03. The second kappa shape index (κ2) is 7.52. The van der Waals surface area contributed by atoms with E-state index in [9.17, 15) is 5.11 Å². The highest BCUT2D eigenvalue weighted by atomic mass is 16.3. The summed E-state index contributed by atoms with van der Waals surface area (Å²) in [6.07, 6.45) is 9.05. The Bertz CT molecular complexity index is 229. The molecular formula is C13H22O2. The van der Waals surface area contributed by atoms with E-state index in [2.05, 4.69) is 6.92 Å². The Morgan fingerprint density at radius 1 is 1.27 bits per heavy atom. The van der Waals surface area contributed by atoms with E-state index in [0.717, 1.165) is 31.4 Å². The van der Waals surface area contributed by atoms with E-state index in [-0.39, 0.29) is 6.10 Å². The Morgan fingerprint density at radius 2 is 2.13 bits per heavy atom. The Morgan fingerprint density at radius 3 is 2.80 bits per heavy atom. The lowest BCUT2D eigenvalue weighted by molar-refractivity contribution is 0.149. The first-order chi connectivity index (χ1) is 7.33. The van der Waals surface area contributed by atoms with E-state index in [1.54, 1.807) is 6.26 Å². The van der Waals surface area contributed by atoms with Crippen molar-refractivity contribution in [1.29, 1.82) is 0 Å². The zero-order valence-electron chi connectivity index (χ0n) is 9.61. The van der Waals surface area contributed by atoms with Gasteiger partial charge in [-0.1, -0.05) is 32.6 Å². The van der Waals surface area contributed by atoms with Gasteiger partial charge in [0.2, 0.25) is 0 Å². The van der Waals surface area contributed by atoms with Gasteiger partial charge in [-0.25, -0.2) is 0 Å². The van der Waals surface area contributed by atoms with Crippen LogP contribution in [0.1, 0.15) is 51.2 Å². The molecule has 0 aliphatic carbocycles. The highest BCUT2D eigenvalue weighted by molar-refractivity contribution is 4.98. The van der Waals surface area contributed by atoms with E-state index in [4.69, 9.17) is 4.42 Å². The minimum absolute atomic E-state index is 0.160. The maximum atomic E-state index is 9.71. The number of aryl methyl sites for hydroxylation is 1. The van der Waals surface area contributed by atoms with Gasteiger partial charge in [0, 0.05) is 6.42 Å². The summed E-state index contributed by atoms with van der Waals surface area (Å²) in [7, 11) is 0. The van der Waals surface area contributed by atoms with Crippen LogP contribution in [0.25, 0.3) is 0 Å². The molecule has 0 saturated heterocycles. The molecule has 0 aliphatic heterocycles. The lowest BCUT2D eigenvalue weighted by Gasteiger charge is -2.08. The molecule has 0 saturated carbocycles. The van der Waals surface area contributed by atoms with Crippen LogP contribution in [0.15, 0.2) is 22.8 Å². The molecule has 0 amide bonds. The van der Waals surface area contributed by atoms with E-state index in [0.29, 0.717) is 0 Å². The van der Waals surface area contributed by atoms with Gasteiger partial charge in [-0.05, 0) is 25.0 Å². The van der Waals surface area contributed by atoms with E-state index in [1.165, 1.54) is 19.3 Å². The molecule has 15 heavy (non-hydrogen) atoms. The van der Waals surface area contributed by atoms with Gasteiger partial charge in [0.05, 0.1) is 12.4 Å². The van der Waals surface area contributed by atoms with Crippen molar-refractivity contribution < 1.29 is 9.52 Å². The first kappa shape index (κ1) is 12.3. The molecule has 1 unspecified atom stereocenters. The van der Waals surface area contributed by atoms with Gasteiger partial charge in [-0.15, -0.1) is 0 Å². The number of aliphatic hydroxyl groups excluding tert-OH is 1. The highest BCUT2D eigenvalue weighted by Gasteiger charge is 2.05. The first-order valence-corrected chi connectivity index (χ1v) is 6.03. The molecule has 1 atom stereocenters. The fourth-order valence-corrected chi connectivity index (χ4v) is 1.71. The van der Waals surface area contributed by atoms with Crippen molar-refractivity contribution >= 4 is 0 Å². The van der Waals surface area contributed by atoms with Crippen molar-refractivity contribution in [2.45, 2.75) is 58.0 Å². The van der Waals surface area contributed by atoms with Crippen LogP contribution in [-0.2, 0) is 6.42 Å². The summed E-state index contributed by atoms with van der Waals surface area (Å²) in [5, 5.41) is 9.71. The maximum absolute atomic E-state index is 9.71. The van der Waals surface area contributed by atoms with Gasteiger partial charge in [-0.2, -0.15) is 0 Å². The molecule has 0 spiro atoms. The lowest BCUT2D eigenvalue weighted by atomic mass is 10.0. The van der Waals surface area contributed by atoms with E-state index in [1.807, 2.05) is 12.1 Å². The monoisotopic (exact) mass is 210 g/mol. The average Bonchev–Trinajstić information content (AvgIpc) is 2.74. The average molecular weight is 210 g/mol. The second-order valence-corrected chi connectivity index (χ2v) is 4.12. The molecule has 1 aromatic heterocycles. The summed E-state index contributed by atoms with van der Waals surface area (Å²) in [4.78, 5) is 0. The predicted octanol–water partition coefficient (Wildman–Crippen LogP) is 3.54. The van der Waals surface area contributed by atoms with Gasteiger partial charge in [0.1, 0.15) is 5.76 Å². The summed E-state index contributed by atoms with van der Waals surface area (Å²) in [5.74, 6) is 0.975. The van der Waals surface area contributed by atoms with Gasteiger partial charge < -0.3 is 9.52 Å². The Hall–Kier alpha value is -0.760. The topological polar surface area (TPSA) is 33.4 Å². The minimum Gasteiger partial charge on any atom is -0.469 e. The number of hydrogen-bond acceptors (Lipinski definition) is 2. The van der Waals surface area contributed by atoms with Crippen molar-refractivity contribution in [3.8, 4) is 0 Å². The van der Waals surface area contributed by atoms with Crippen LogP contribution in [0.3, 0.4) is 0 Å². The molecule has 1 N–H and O–H groups in total. The number of hydrogen-bond donors (Lipinski definition) is 1. The molecule has 0 radical (unpaired) electrons. The second-order valence-electron chi connectivity index (χ2n) is 4.12. The lowest BCUT2D eigenvalue weighted by Crippen LogP contribution is -2.07. The van der Waals surface area contributed by atoms with Crippen molar-refractivity contribution in [1.82, 2.24) is 0 Å². The third-order valence-electron chi connectivity index (χ3n) is 2.69. The fourth-order valence-electron chi connectivity index (χ4n) is 1.71. The SMILES string of the molecule is CCCCCCC(O)CCc1ccco1. The molecule has 0 aliphatic rings. The van der Waals surface area contributed by atoms with Gasteiger partial charge in [0.25, 0.3) is 0 Å². The zero-order valence-corrected chi connectivity index (χ0v) is 9.61. The molecule has 0 bridgehead atoms. The number of aliphatic hydroxyl groups is 1. The molecular weight excluding hydrogens is 188 g/mol. The summed E-state index contributed by atoms with van der Waals surface area (Å²) < 4.78 is 5.22. The van der Waals surface area contributed by atoms with Crippen LogP contribution in [0.4, 0.5) is 0 Å². The molecule has 1 rings (SSSR count). The van der Waals surface area contributed by atoms with Crippen molar-refractivity contribution in [3.63, 3.8) is 0 Å².